The summed E-state index contributed by atoms with van der Waals surface area (Å²) >= 11 is 0. The Morgan fingerprint density at radius 1 is 1.00 bits per heavy atom. The summed E-state index contributed by atoms with van der Waals surface area (Å²) in [6.07, 6.45) is 0.930. The van der Waals surface area contributed by atoms with Gasteiger partial charge >= 0.3 is 0 Å². The molecule has 3 aromatic rings. The molecule has 2 unspecified atom stereocenters. The fraction of sp³-hybridized carbons (Fsp3) is 0.320. The predicted octanol–water partition coefficient (Wildman–Crippen LogP) is 5.11. The number of nitrogens with zero attached hydrogens (tertiary/aromatic N) is 1. The van der Waals surface area contributed by atoms with E-state index in [0.717, 1.165) is 22.0 Å². The van der Waals surface area contributed by atoms with Gasteiger partial charge in [-0.3, -0.25) is 8.98 Å². The molecule has 4 rings (SSSR count). The molecule has 2 atom stereocenters. The quantitative estimate of drug-likeness (QED) is 0.410. The Kier molecular flexibility index (Phi) is 5.86. The van der Waals surface area contributed by atoms with Crippen LogP contribution >= 0.6 is 0 Å². The summed E-state index contributed by atoms with van der Waals surface area (Å²) in [5.41, 5.74) is 2.81. The van der Waals surface area contributed by atoms with Crippen LogP contribution in [0.2, 0.25) is 0 Å². The second kappa shape index (κ2) is 8.44. The van der Waals surface area contributed by atoms with Crippen LogP contribution in [0.4, 0.5) is 5.69 Å². The highest BCUT2D eigenvalue weighted by molar-refractivity contribution is 7.86. The number of ketones is 1. The molecule has 0 aromatic heterocycles. The lowest BCUT2D eigenvalue weighted by atomic mass is 9.98. The fourth-order valence-corrected chi connectivity index (χ4v) is 5.28. The van der Waals surface area contributed by atoms with E-state index in [0.29, 0.717) is 24.9 Å². The summed E-state index contributed by atoms with van der Waals surface area (Å²) in [6, 6.07) is 18.9. The SMILES string of the molecule is CC(=O)c1ccc2cc(N3CCC(OS(=O)(=O)c4ccc(C)cc4)CC3C)ccc2c1. The summed E-state index contributed by atoms with van der Waals surface area (Å²) < 4.78 is 30.8. The van der Waals surface area contributed by atoms with Crippen molar-refractivity contribution < 1.29 is 17.4 Å². The largest absolute Gasteiger partial charge is 0.369 e. The Hall–Kier alpha value is -2.70. The van der Waals surface area contributed by atoms with Crippen molar-refractivity contribution in [3.63, 3.8) is 0 Å². The van der Waals surface area contributed by atoms with Gasteiger partial charge in [-0.05, 0) is 74.7 Å². The van der Waals surface area contributed by atoms with Gasteiger partial charge in [-0.15, -0.1) is 0 Å². The zero-order chi connectivity index (χ0) is 22.2. The number of benzene rings is 3. The fourth-order valence-electron chi connectivity index (χ4n) is 4.17. The van der Waals surface area contributed by atoms with E-state index in [2.05, 4.69) is 24.0 Å². The smallest absolute Gasteiger partial charge is 0.297 e. The zero-order valence-electron chi connectivity index (χ0n) is 18.0. The van der Waals surface area contributed by atoms with Gasteiger partial charge in [0.05, 0.1) is 11.0 Å². The lowest BCUT2D eigenvalue weighted by Gasteiger charge is -2.39. The highest BCUT2D eigenvalue weighted by Gasteiger charge is 2.30. The van der Waals surface area contributed by atoms with Gasteiger partial charge in [0, 0.05) is 23.8 Å². The van der Waals surface area contributed by atoms with E-state index in [9.17, 15) is 13.2 Å². The summed E-state index contributed by atoms with van der Waals surface area (Å²) in [5.74, 6) is 0.0576. The summed E-state index contributed by atoms with van der Waals surface area (Å²) in [7, 11) is -3.77. The van der Waals surface area contributed by atoms with Crippen molar-refractivity contribution in [3.8, 4) is 0 Å². The minimum Gasteiger partial charge on any atom is -0.369 e. The molecule has 1 heterocycles. The summed E-state index contributed by atoms with van der Waals surface area (Å²) in [6.45, 7) is 6.30. The first-order chi connectivity index (χ1) is 14.7. The van der Waals surface area contributed by atoms with Crippen molar-refractivity contribution in [2.75, 3.05) is 11.4 Å². The topological polar surface area (TPSA) is 63.7 Å². The highest BCUT2D eigenvalue weighted by atomic mass is 32.2. The first-order valence-electron chi connectivity index (χ1n) is 10.5. The van der Waals surface area contributed by atoms with Crippen LogP contribution < -0.4 is 4.90 Å². The van der Waals surface area contributed by atoms with Crippen LogP contribution in [0.1, 0.15) is 42.6 Å². The lowest BCUT2D eigenvalue weighted by molar-refractivity contribution is 0.101. The van der Waals surface area contributed by atoms with Crippen molar-refractivity contribution in [1.29, 1.82) is 0 Å². The second-order valence-electron chi connectivity index (χ2n) is 8.35. The molecule has 162 valence electrons. The number of carbonyl (C=O) groups is 1. The minimum absolute atomic E-state index is 0.0576. The predicted molar refractivity (Wildman–Crippen MR) is 123 cm³/mol. The van der Waals surface area contributed by atoms with Crippen molar-refractivity contribution in [2.24, 2.45) is 0 Å². The van der Waals surface area contributed by atoms with Gasteiger partial charge in [0.1, 0.15) is 0 Å². The van der Waals surface area contributed by atoms with Crippen molar-refractivity contribution >= 4 is 32.4 Å². The molecule has 3 aromatic carbocycles. The number of rotatable bonds is 5. The highest BCUT2D eigenvalue weighted by Crippen LogP contribution is 2.30. The van der Waals surface area contributed by atoms with Gasteiger partial charge in [-0.25, -0.2) is 0 Å². The average Bonchev–Trinajstić information content (AvgIpc) is 2.73. The van der Waals surface area contributed by atoms with Crippen molar-refractivity contribution in [2.45, 2.75) is 50.7 Å². The third-order valence-electron chi connectivity index (χ3n) is 5.96. The number of Topliss-reactive ketones (excluding diaryl/α,β-unsaturated/α-hetero) is 1. The van der Waals surface area contributed by atoms with E-state index in [1.165, 1.54) is 0 Å². The Labute approximate surface area is 183 Å². The van der Waals surface area contributed by atoms with Crippen molar-refractivity contribution in [3.05, 3.63) is 71.8 Å². The Morgan fingerprint density at radius 2 is 1.68 bits per heavy atom. The van der Waals surface area contributed by atoms with E-state index in [1.807, 2.05) is 31.2 Å². The van der Waals surface area contributed by atoms with Crippen LogP contribution in [0.5, 0.6) is 0 Å². The van der Waals surface area contributed by atoms with Gasteiger partial charge in [-0.2, -0.15) is 8.42 Å². The molecule has 0 saturated carbocycles. The molecule has 0 bridgehead atoms. The van der Waals surface area contributed by atoms with Crippen LogP contribution in [0.15, 0.2) is 65.6 Å². The van der Waals surface area contributed by atoms with Crippen molar-refractivity contribution in [1.82, 2.24) is 0 Å². The molecule has 5 nitrogen and oxygen atoms in total. The standard InChI is InChI=1S/C25H27NO4S/c1-17-4-10-25(11-5-17)31(28,29)30-24-12-13-26(18(2)14-24)23-9-8-21-15-20(19(3)27)6-7-22(21)16-23/h4-11,15-16,18,24H,12-14H2,1-3H3. The molecule has 1 aliphatic heterocycles. The summed E-state index contributed by atoms with van der Waals surface area (Å²) in [4.78, 5) is 14.1. The Morgan fingerprint density at radius 3 is 2.35 bits per heavy atom. The van der Waals surface area contributed by atoms with Crippen LogP contribution in [-0.2, 0) is 14.3 Å². The lowest BCUT2D eigenvalue weighted by Crippen LogP contribution is -2.44. The van der Waals surface area contributed by atoms with Gasteiger partial charge in [0.2, 0.25) is 0 Å². The van der Waals surface area contributed by atoms with Gasteiger partial charge < -0.3 is 4.90 Å². The second-order valence-corrected chi connectivity index (χ2v) is 9.93. The normalized spacial score (nSPS) is 19.5. The first-order valence-corrected chi connectivity index (χ1v) is 11.9. The number of anilines is 1. The monoisotopic (exact) mass is 437 g/mol. The van der Waals surface area contributed by atoms with Crippen LogP contribution in [0.3, 0.4) is 0 Å². The van der Waals surface area contributed by atoms with Crippen LogP contribution in [0, 0.1) is 6.92 Å². The molecule has 0 N–H and O–H groups in total. The average molecular weight is 438 g/mol. The molecule has 1 fully saturated rings. The molecule has 31 heavy (non-hydrogen) atoms. The molecule has 0 spiro atoms. The van der Waals surface area contributed by atoms with Gasteiger partial charge in [0.25, 0.3) is 10.1 Å². The molecular weight excluding hydrogens is 410 g/mol. The number of piperidine rings is 1. The number of aryl methyl sites for hydroxylation is 1. The number of hydrogen-bond acceptors (Lipinski definition) is 5. The molecule has 0 aliphatic carbocycles. The van der Waals surface area contributed by atoms with Gasteiger partial charge in [0.15, 0.2) is 5.78 Å². The molecule has 0 radical (unpaired) electrons. The Balaban J connectivity index is 1.47. The van der Waals surface area contributed by atoms with Gasteiger partial charge in [-0.1, -0.05) is 35.9 Å². The van der Waals surface area contributed by atoms with Crippen LogP contribution in [0.25, 0.3) is 10.8 Å². The number of carbonyl (C=O) groups excluding carboxylic acids is 1. The summed E-state index contributed by atoms with van der Waals surface area (Å²) in [5, 5.41) is 2.11. The molecule has 1 aliphatic rings. The maximum absolute atomic E-state index is 12.6. The maximum Gasteiger partial charge on any atom is 0.297 e. The molecular formula is C25H27NO4S. The van der Waals surface area contributed by atoms with E-state index >= 15 is 0 Å². The molecule has 6 heteroatoms. The van der Waals surface area contributed by atoms with Crippen LogP contribution in [-0.4, -0.2) is 32.9 Å². The molecule has 0 amide bonds. The number of fused-ring (bicyclic) bond motifs is 1. The number of hydrogen-bond donors (Lipinski definition) is 0. The van der Waals surface area contributed by atoms with E-state index < -0.39 is 10.1 Å². The minimum atomic E-state index is -3.77. The van der Waals surface area contributed by atoms with E-state index in [1.54, 1.807) is 31.2 Å². The van der Waals surface area contributed by atoms with E-state index in [-0.39, 0.29) is 22.8 Å². The zero-order valence-corrected chi connectivity index (χ0v) is 18.9. The van der Waals surface area contributed by atoms with E-state index in [4.69, 9.17) is 4.18 Å². The first kappa shape index (κ1) is 21.5. The third-order valence-corrected chi connectivity index (χ3v) is 7.34. The molecule has 1 saturated heterocycles. The third kappa shape index (κ3) is 4.65. The Bertz CT molecular complexity index is 1220. The maximum atomic E-state index is 12.6.